The van der Waals surface area contributed by atoms with Gasteiger partial charge in [-0.3, -0.25) is 4.72 Å². The van der Waals surface area contributed by atoms with E-state index in [0.29, 0.717) is 22.9 Å². The molecule has 2 aromatic carbocycles. The van der Waals surface area contributed by atoms with Crippen molar-refractivity contribution >= 4 is 21.8 Å². The van der Waals surface area contributed by atoms with Gasteiger partial charge in [0.1, 0.15) is 0 Å². The third kappa shape index (κ3) is 3.48. The number of benzene rings is 2. The lowest BCUT2D eigenvalue weighted by Crippen LogP contribution is -2.17. The van der Waals surface area contributed by atoms with Crippen molar-refractivity contribution in [1.29, 1.82) is 0 Å². The van der Waals surface area contributed by atoms with Crippen molar-refractivity contribution in [2.45, 2.75) is 32.6 Å². The van der Waals surface area contributed by atoms with Crippen molar-refractivity contribution in [3.05, 3.63) is 70.1 Å². The second-order valence-corrected chi connectivity index (χ2v) is 7.93. The first-order chi connectivity index (χ1) is 11.0. The first-order valence-corrected chi connectivity index (χ1v) is 9.35. The highest BCUT2D eigenvalue weighted by atomic mass is 32.2. The number of allylic oxidation sites excluding steroid dienone is 1. The second kappa shape index (κ2) is 6.20. The summed E-state index contributed by atoms with van der Waals surface area (Å²) in [5.41, 5.74) is 4.00. The molecule has 1 aliphatic carbocycles. The van der Waals surface area contributed by atoms with Crippen LogP contribution in [0.25, 0.3) is 6.08 Å². The minimum atomic E-state index is -3.50. The first-order valence-electron chi connectivity index (χ1n) is 7.87. The van der Waals surface area contributed by atoms with Crippen LogP contribution in [0, 0.1) is 0 Å². The average molecular weight is 327 g/mol. The van der Waals surface area contributed by atoms with Gasteiger partial charge in [0, 0.05) is 5.69 Å². The molecule has 0 unspecified atom stereocenters. The lowest BCUT2D eigenvalue weighted by atomic mass is 9.98. The fraction of sp³-hybridized carbons (Fsp3) is 0.263. The van der Waals surface area contributed by atoms with E-state index in [1.807, 2.05) is 48.5 Å². The summed E-state index contributed by atoms with van der Waals surface area (Å²) >= 11 is 0. The summed E-state index contributed by atoms with van der Waals surface area (Å²) < 4.78 is 27.9. The summed E-state index contributed by atoms with van der Waals surface area (Å²) in [6, 6.07) is 15.5. The van der Waals surface area contributed by atoms with Crippen LogP contribution in [-0.2, 0) is 16.4 Å². The molecule has 3 nitrogen and oxygen atoms in total. The predicted octanol–water partition coefficient (Wildman–Crippen LogP) is 4.54. The van der Waals surface area contributed by atoms with Crippen LogP contribution in [0.1, 0.15) is 42.9 Å². The molecular formula is C19H21NO2S. The number of hydrogen-bond acceptors (Lipinski definition) is 2. The Bertz CT molecular complexity index is 834. The molecule has 0 saturated heterocycles. The van der Waals surface area contributed by atoms with Gasteiger partial charge in [0.2, 0.25) is 0 Å². The lowest BCUT2D eigenvalue weighted by Gasteiger charge is -2.17. The summed E-state index contributed by atoms with van der Waals surface area (Å²) in [5.74, 6) is 0.429. The van der Waals surface area contributed by atoms with Crippen molar-refractivity contribution in [3.63, 3.8) is 0 Å². The molecule has 3 rings (SSSR count). The van der Waals surface area contributed by atoms with E-state index in [1.165, 1.54) is 11.1 Å². The van der Waals surface area contributed by atoms with Crippen molar-refractivity contribution in [1.82, 2.24) is 0 Å². The Balaban J connectivity index is 1.84. The van der Waals surface area contributed by atoms with Crippen LogP contribution in [0.4, 0.5) is 5.69 Å². The van der Waals surface area contributed by atoms with E-state index in [4.69, 9.17) is 0 Å². The molecule has 0 radical (unpaired) electrons. The van der Waals surface area contributed by atoms with Crippen LogP contribution >= 0.6 is 0 Å². The summed E-state index contributed by atoms with van der Waals surface area (Å²) in [7, 11) is -3.50. The zero-order valence-electron chi connectivity index (χ0n) is 13.4. The van der Waals surface area contributed by atoms with Crippen molar-refractivity contribution < 1.29 is 8.42 Å². The fourth-order valence-electron chi connectivity index (χ4n) is 2.77. The van der Waals surface area contributed by atoms with Gasteiger partial charge in [-0.15, -0.1) is 0 Å². The zero-order valence-corrected chi connectivity index (χ0v) is 14.2. The molecule has 0 fully saturated rings. The van der Waals surface area contributed by atoms with E-state index in [1.54, 1.807) is 6.08 Å². The lowest BCUT2D eigenvalue weighted by molar-refractivity contribution is 0.605. The van der Waals surface area contributed by atoms with E-state index in [0.717, 1.165) is 12.0 Å². The molecule has 0 aromatic heterocycles. The maximum atomic E-state index is 12.6. The monoisotopic (exact) mass is 327 g/mol. The Morgan fingerprint density at radius 2 is 1.65 bits per heavy atom. The molecular weight excluding hydrogens is 306 g/mol. The topological polar surface area (TPSA) is 46.2 Å². The Labute approximate surface area is 138 Å². The molecule has 1 aliphatic rings. The summed E-state index contributed by atoms with van der Waals surface area (Å²) in [6.45, 7) is 4.23. The van der Waals surface area contributed by atoms with Crippen LogP contribution < -0.4 is 4.72 Å². The normalized spacial score (nSPS) is 14.3. The van der Waals surface area contributed by atoms with Crippen LogP contribution in [0.15, 0.2) is 53.4 Å². The van der Waals surface area contributed by atoms with E-state index in [9.17, 15) is 8.42 Å². The Kier molecular flexibility index (Phi) is 4.26. The highest BCUT2D eigenvalue weighted by Crippen LogP contribution is 2.28. The van der Waals surface area contributed by atoms with Crippen LogP contribution in [0.5, 0.6) is 0 Å². The molecule has 1 N–H and O–H groups in total. The standard InChI is InChI=1S/C19H21NO2S/c1-14(2)15-7-10-18(11-8-15)20-23(21,22)19-12-9-16-5-3-4-6-17(16)13-19/h3-8,10-11,13-14,20H,9,12H2,1-2H3. The number of anilines is 1. The minimum Gasteiger partial charge on any atom is -0.280 e. The second-order valence-electron chi connectivity index (χ2n) is 6.19. The number of fused-ring (bicyclic) bond motifs is 1. The van der Waals surface area contributed by atoms with E-state index >= 15 is 0 Å². The van der Waals surface area contributed by atoms with Gasteiger partial charge in [0.25, 0.3) is 10.0 Å². The molecule has 0 aliphatic heterocycles. The number of rotatable bonds is 4. The molecule has 0 heterocycles. The molecule has 23 heavy (non-hydrogen) atoms. The maximum absolute atomic E-state index is 12.6. The van der Waals surface area contributed by atoms with Crippen molar-refractivity contribution in [2.75, 3.05) is 4.72 Å². The van der Waals surface area contributed by atoms with E-state index in [2.05, 4.69) is 18.6 Å². The third-order valence-electron chi connectivity index (χ3n) is 4.19. The van der Waals surface area contributed by atoms with Gasteiger partial charge in [-0.05, 0) is 53.7 Å². The van der Waals surface area contributed by atoms with Gasteiger partial charge in [0.05, 0.1) is 4.91 Å². The molecule has 0 bridgehead atoms. The van der Waals surface area contributed by atoms with Crippen LogP contribution in [0.2, 0.25) is 0 Å². The predicted molar refractivity (Wildman–Crippen MR) is 95.8 cm³/mol. The highest BCUT2D eigenvalue weighted by molar-refractivity contribution is 7.96. The van der Waals surface area contributed by atoms with Gasteiger partial charge >= 0.3 is 0 Å². The quantitative estimate of drug-likeness (QED) is 0.896. The molecule has 0 atom stereocenters. The first kappa shape index (κ1) is 15.8. The molecule has 0 amide bonds. The molecule has 2 aromatic rings. The molecule has 0 spiro atoms. The Hall–Kier alpha value is -2.07. The SMILES string of the molecule is CC(C)c1ccc(NS(=O)(=O)C2=Cc3ccccc3CC2)cc1. The van der Waals surface area contributed by atoms with Crippen LogP contribution in [0.3, 0.4) is 0 Å². The Morgan fingerprint density at radius 1 is 0.957 bits per heavy atom. The summed E-state index contributed by atoms with van der Waals surface area (Å²) in [6.07, 6.45) is 3.08. The summed E-state index contributed by atoms with van der Waals surface area (Å²) in [5, 5.41) is 0. The highest BCUT2D eigenvalue weighted by Gasteiger charge is 2.21. The van der Waals surface area contributed by atoms with E-state index < -0.39 is 10.0 Å². The van der Waals surface area contributed by atoms with Gasteiger partial charge in [-0.25, -0.2) is 8.42 Å². The van der Waals surface area contributed by atoms with Gasteiger partial charge in [-0.2, -0.15) is 0 Å². The Morgan fingerprint density at radius 3 is 2.35 bits per heavy atom. The average Bonchev–Trinajstić information content (AvgIpc) is 2.54. The van der Waals surface area contributed by atoms with Gasteiger partial charge in [0.15, 0.2) is 0 Å². The van der Waals surface area contributed by atoms with Crippen molar-refractivity contribution in [2.24, 2.45) is 0 Å². The smallest absolute Gasteiger partial charge is 0.258 e. The third-order valence-corrected chi connectivity index (χ3v) is 5.70. The number of sulfonamides is 1. The van der Waals surface area contributed by atoms with Crippen LogP contribution in [-0.4, -0.2) is 8.42 Å². The largest absolute Gasteiger partial charge is 0.280 e. The molecule has 120 valence electrons. The number of aryl methyl sites for hydroxylation is 1. The van der Waals surface area contributed by atoms with Crippen molar-refractivity contribution in [3.8, 4) is 0 Å². The fourth-order valence-corrected chi connectivity index (χ4v) is 4.01. The number of nitrogens with one attached hydrogen (secondary N) is 1. The van der Waals surface area contributed by atoms with Gasteiger partial charge in [-0.1, -0.05) is 50.2 Å². The minimum absolute atomic E-state index is 0.429. The molecule has 0 saturated carbocycles. The van der Waals surface area contributed by atoms with Gasteiger partial charge < -0.3 is 0 Å². The maximum Gasteiger partial charge on any atom is 0.258 e. The summed E-state index contributed by atoms with van der Waals surface area (Å²) in [4.78, 5) is 0.448. The number of hydrogen-bond donors (Lipinski definition) is 1. The zero-order chi connectivity index (χ0) is 16.4. The van der Waals surface area contributed by atoms with E-state index in [-0.39, 0.29) is 0 Å². The molecule has 4 heteroatoms.